The van der Waals surface area contributed by atoms with Gasteiger partial charge in [-0.15, -0.1) is 0 Å². The van der Waals surface area contributed by atoms with Crippen LogP contribution in [0.15, 0.2) is 48.5 Å². The molecule has 14 heteroatoms. The van der Waals surface area contributed by atoms with Crippen LogP contribution in [0.3, 0.4) is 0 Å². The summed E-state index contributed by atoms with van der Waals surface area (Å²) in [7, 11) is 0. The van der Waals surface area contributed by atoms with Gasteiger partial charge in [0, 0.05) is 0 Å². The lowest BCUT2D eigenvalue weighted by molar-refractivity contribution is -0.452. The number of hydrogen-bond acceptors (Lipinski definition) is 14. The Balaban J connectivity index is 1.33. The van der Waals surface area contributed by atoms with Crippen LogP contribution in [0.1, 0.15) is 124 Å². The van der Waals surface area contributed by atoms with Gasteiger partial charge in [-0.3, -0.25) is 9.78 Å². The Morgan fingerprint density at radius 1 is 0.420 bits per heavy atom. The van der Waals surface area contributed by atoms with E-state index in [1.54, 1.807) is 24.3 Å². The van der Waals surface area contributed by atoms with Crippen LogP contribution in [0.2, 0.25) is 0 Å². The van der Waals surface area contributed by atoms with Crippen molar-refractivity contribution in [2.75, 3.05) is 26.4 Å². The van der Waals surface area contributed by atoms with Gasteiger partial charge in [0.2, 0.25) is 0 Å². The van der Waals surface area contributed by atoms with E-state index in [2.05, 4.69) is 43.5 Å². The fraction of sp³-hybridized carbons (Fsp3) is 0.556. The lowest BCUT2D eigenvalue weighted by atomic mass is 10.1. The van der Waals surface area contributed by atoms with Gasteiger partial charge in [-0.05, 0) is 74.2 Å². The average molecular weight is 707 g/mol. The average Bonchev–Trinajstić information content (AvgIpc) is 3.12. The first-order chi connectivity index (χ1) is 24.4. The van der Waals surface area contributed by atoms with Crippen molar-refractivity contribution >= 4 is 24.2 Å². The zero-order valence-corrected chi connectivity index (χ0v) is 29.1. The molecule has 0 unspecified atom stereocenters. The van der Waals surface area contributed by atoms with Crippen molar-refractivity contribution in [3.8, 4) is 11.5 Å². The van der Waals surface area contributed by atoms with E-state index >= 15 is 0 Å². The van der Waals surface area contributed by atoms with Crippen LogP contribution >= 0.6 is 0 Å². The molecule has 0 aliphatic carbocycles. The molecule has 2 aromatic carbocycles. The number of rotatable bonds is 27. The van der Waals surface area contributed by atoms with E-state index in [0.717, 1.165) is 77.0 Å². The van der Waals surface area contributed by atoms with E-state index in [9.17, 15) is 19.2 Å². The first-order valence-corrected chi connectivity index (χ1v) is 17.3. The normalized spacial score (nSPS) is 10.5. The highest BCUT2D eigenvalue weighted by Gasteiger charge is 2.14. The molecule has 0 spiro atoms. The van der Waals surface area contributed by atoms with E-state index in [4.69, 9.17) is 18.9 Å². The third-order valence-electron chi connectivity index (χ3n) is 7.12. The molecule has 50 heavy (non-hydrogen) atoms. The van der Waals surface area contributed by atoms with Gasteiger partial charge in [-0.25, -0.2) is 29.0 Å². The summed E-state index contributed by atoms with van der Waals surface area (Å²) < 4.78 is 20.8. The number of hydrogen-bond donors (Lipinski definition) is 0. The minimum Gasteiger partial charge on any atom is -0.494 e. The maximum atomic E-state index is 12.0. The number of carbonyl (C=O) groups is 4. The summed E-state index contributed by atoms with van der Waals surface area (Å²) >= 11 is 0. The molecular formula is C36H50O14. The van der Waals surface area contributed by atoms with Crippen molar-refractivity contribution in [1.29, 1.82) is 0 Å². The van der Waals surface area contributed by atoms with Crippen LogP contribution in [0, 0.1) is 0 Å². The van der Waals surface area contributed by atoms with Crippen LogP contribution in [-0.2, 0) is 39.1 Å². The van der Waals surface area contributed by atoms with Gasteiger partial charge in [0.15, 0.2) is 0 Å². The summed E-state index contributed by atoms with van der Waals surface area (Å²) in [5.74, 6) is -0.385. The van der Waals surface area contributed by atoms with Crippen LogP contribution in [0.25, 0.3) is 0 Å². The Morgan fingerprint density at radius 2 is 0.760 bits per heavy atom. The van der Waals surface area contributed by atoms with Gasteiger partial charge in [-0.2, -0.15) is 0 Å². The van der Waals surface area contributed by atoms with Crippen LogP contribution in [0.4, 0.5) is 9.59 Å². The Kier molecular flexibility index (Phi) is 22.7. The molecule has 0 fully saturated rings. The molecule has 0 aliphatic rings. The van der Waals surface area contributed by atoms with Gasteiger partial charge in [-0.1, -0.05) is 78.1 Å². The Morgan fingerprint density at radius 3 is 1.10 bits per heavy atom. The van der Waals surface area contributed by atoms with Crippen LogP contribution in [0.5, 0.6) is 11.5 Å². The first-order valence-electron chi connectivity index (χ1n) is 17.3. The molecule has 0 radical (unpaired) electrons. The van der Waals surface area contributed by atoms with Gasteiger partial charge in [0.1, 0.15) is 11.5 Å². The van der Waals surface area contributed by atoms with Crippen molar-refractivity contribution in [2.24, 2.45) is 0 Å². The van der Waals surface area contributed by atoms with Gasteiger partial charge >= 0.3 is 24.2 Å². The van der Waals surface area contributed by atoms with Crippen molar-refractivity contribution in [1.82, 2.24) is 0 Å². The molecule has 0 aliphatic heterocycles. The molecule has 0 saturated carbocycles. The highest BCUT2D eigenvalue weighted by molar-refractivity contribution is 5.89. The standard InChI is InChI=1S/C36H50O14/c1-3-5-25-41-31-21-17-29(18-22-31)33(37)45-49-47-35(39)43-27-15-13-11-9-7-8-10-12-14-16-28-44-36(40)48-50-46-34(38)30-19-23-32(24-20-30)42-26-6-4-2/h17-24H,3-16,25-28H2,1-2H3. The molecule has 0 N–H and O–H groups in total. The van der Waals surface area contributed by atoms with E-state index in [0.29, 0.717) is 37.6 Å². The molecule has 2 aromatic rings. The maximum absolute atomic E-state index is 12.0. The summed E-state index contributed by atoms with van der Waals surface area (Å²) in [6.45, 7) is 5.64. The molecule has 2 rings (SSSR count). The third kappa shape index (κ3) is 20.1. The molecule has 0 amide bonds. The molecule has 0 atom stereocenters. The summed E-state index contributed by atoms with van der Waals surface area (Å²) in [5, 5.41) is 8.47. The molecule has 0 aromatic heterocycles. The van der Waals surface area contributed by atoms with Gasteiger partial charge < -0.3 is 18.9 Å². The summed E-state index contributed by atoms with van der Waals surface area (Å²) in [6, 6.07) is 12.6. The summed E-state index contributed by atoms with van der Waals surface area (Å²) in [6.07, 6.45) is 11.1. The number of carbonyl (C=O) groups excluding carboxylic acids is 4. The van der Waals surface area contributed by atoms with Crippen LogP contribution < -0.4 is 9.47 Å². The van der Waals surface area contributed by atoms with E-state index < -0.39 is 24.2 Å². The third-order valence-corrected chi connectivity index (χ3v) is 7.12. The second-order valence-corrected chi connectivity index (χ2v) is 11.2. The quantitative estimate of drug-likeness (QED) is 0.0374. The minimum absolute atomic E-state index is 0.159. The van der Waals surface area contributed by atoms with Crippen molar-refractivity contribution in [2.45, 2.75) is 104 Å². The van der Waals surface area contributed by atoms with Crippen molar-refractivity contribution < 1.29 is 67.8 Å². The smallest absolute Gasteiger partial charge is 0.494 e. The zero-order valence-electron chi connectivity index (χ0n) is 29.1. The fourth-order valence-electron chi connectivity index (χ4n) is 4.27. The largest absolute Gasteiger partial charge is 0.543 e. The number of unbranched alkanes of at least 4 members (excludes halogenated alkanes) is 11. The lowest BCUT2D eigenvalue weighted by Gasteiger charge is -2.06. The zero-order chi connectivity index (χ0) is 36.1. The fourth-order valence-corrected chi connectivity index (χ4v) is 4.27. The first kappa shape index (κ1) is 41.6. The predicted molar refractivity (Wildman–Crippen MR) is 178 cm³/mol. The molecule has 278 valence electrons. The lowest BCUT2D eigenvalue weighted by Crippen LogP contribution is -2.12. The highest BCUT2D eigenvalue weighted by atomic mass is 17.5. The Labute approximate surface area is 293 Å². The van der Waals surface area contributed by atoms with Crippen molar-refractivity contribution in [3.05, 3.63) is 59.7 Å². The summed E-state index contributed by atoms with van der Waals surface area (Å²) in [5.41, 5.74) is 0.410. The van der Waals surface area contributed by atoms with Crippen molar-refractivity contribution in [3.63, 3.8) is 0 Å². The van der Waals surface area contributed by atoms with E-state index in [1.807, 2.05) is 0 Å². The monoisotopic (exact) mass is 706 g/mol. The second kappa shape index (κ2) is 27.3. The molecule has 14 nitrogen and oxygen atoms in total. The van der Waals surface area contributed by atoms with Gasteiger partial charge in [0.25, 0.3) is 0 Å². The SMILES string of the molecule is CCCCOc1ccc(C(=O)OOOC(=O)OCCCCCCCCCCCCOC(=O)OOOC(=O)c2ccc(OCCCC)cc2)cc1. The predicted octanol–water partition coefficient (Wildman–Crippen LogP) is 8.96. The van der Waals surface area contributed by atoms with Gasteiger partial charge in [0.05, 0.1) is 47.6 Å². The second-order valence-electron chi connectivity index (χ2n) is 11.2. The molecule has 0 saturated heterocycles. The molecule has 0 heterocycles. The number of benzene rings is 2. The minimum atomic E-state index is -1.10. The summed E-state index contributed by atoms with van der Waals surface area (Å²) in [4.78, 5) is 64.6. The van der Waals surface area contributed by atoms with E-state index in [1.165, 1.54) is 24.3 Å². The van der Waals surface area contributed by atoms with E-state index in [-0.39, 0.29) is 24.3 Å². The Hall–Kier alpha value is -4.56. The molecule has 0 bridgehead atoms. The topological polar surface area (TPSA) is 161 Å². The Bertz CT molecular complexity index is 1120. The molecular weight excluding hydrogens is 656 g/mol. The van der Waals surface area contributed by atoms with Crippen LogP contribution in [-0.4, -0.2) is 50.7 Å². The maximum Gasteiger partial charge on any atom is 0.543 e. The number of ether oxygens (including phenoxy) is 4. The highest BCUT2D eigenvalue weighted by Crippen LogP contribution is 2.15.